The van der Waals surface area contributed by atoms with Gasteiger partial charge in [0.25, 0.3) is 5.91 Å². The topological polar surface area (TPSA) is 49.0 Å². The van der Waals surface area contributed by atoms with Crippen molar-refractivity contribution in [1.29, 1.82) is 0 Å². The fraction of sp³-hybridized carbons (Fsp3) is 0.385. The van der Waals surface area contributed by atoms with Crippen LogP contribution in [-0.4, -0.2) is 33.9 Å². The van der Waals surface area contributed by atoms with E-state index in [1.54, 1.807) is 6.33 Å². The van der Waals surface area contributed by atoms with E-state index in [9.17, 15) is 4.79 Å². The van der Waals surface area contributed by atoms with Gasteiger partial charge in [-0.05, 0) is 36.5 Å². The highest BCUT2D eigenvalue weighted by Crippen LogP contribution is 2.45. The Balaban J connectivity index is 1.66. The SMILES string of the molecule is O=C(c1ccc2nc[nH]c2c1)N1CC2CC2C1. The fourth-order valence-electron chi connectivity index (χ4n) is 2.82. The fourth-order valence-corrected chi connectivity index (χ4v) is 2.82. The van der Waals surface area contributed by atoms with Crippen LogP contribution in [0.25, 0.3) is 11.0 Å². The van der Waals surface area contributed by atoms with Gasteiger partial charge in [0.2, 0.25) is 0 Å². The minimum absolute atomic E-state index is 0.161. The molecule has 2 fully saturated rings. The Morgan fingerprint density at radius 1 is 1.35 bits per heavy atom. The van der Waals surface area contributed by atoms with Crippen LogP contribution >= 0.6 is 0 Å². The predicted molar refractivity (Wildman–Crippen MR) is 63.6 cm³/mol. The summed E-state index contributed by atoms with van der Waals surface area (Å²) >= 11 is 0. The summed E-state index contributed by atoms with van der Waals surface area (Å²) in [5, 5.41) is 0. The van der Waals surface area contributed by atoms with Crippen molar-refractivity contribution in [2.45, 2.75) is 6.42 Å². The Morgan fingerprint density at radius 2 is 2.18 bits per heavy atom. The maximum Gasteiger partial charge on any atom is 0.253 e. The lowest BCUT2D eigenvalue weighted by atomic mass is 10.1. The van der Waals surface area contributed by atoms with Crippen LogP contribution < -0.4 is 0 Å². The highest BCUT2D eigenvalue weighted by atomic mass is 16.2. The molecule has 4 heteroatoms. The monoisotopic (exact) mass is 227 g/mol. The van der Waals surface area contributed by atoms with Crippen molar-refractivity contribution < 1.29 is 4.79 Å². The summed E-state index contributed by atoms with van der Waals surface area (Å²) in [5.41, 5.74) is 2.61. The number of hydrogen-bond donors (Lipinski definition) is 1. The number of aromatic nitrogens is 2. The Kier molecular flexibility index (Phi) is 1.68. The summed E-state index contributed by atoms with van der Waals surface area (Å²) in [5.74, 6) is 1.73. The number of aromatic amines is 1. The van der Waals surface area contributed by atoms with E-state index in [4.69, 9.17) is 0 Å². The molecule has 1 aromatic heterocycles. The number of nitrogens with one attached hydrogen (secondary N) is 1. The highest BCUT2D eigenvalue weighted by Gasteiger charge is 2.46. The van der Waals surface area contributed by atoms with Crippen LogP contribution in [0.4, 0.5) is 0 Å². The number of rotatable bonds is 1. The molecule has 4 rings (SSSR count). The van der Waals surface area contributed by atoms with Gasteiger partial charge in [-0.2, -0.15) is 0 Å². The van der Waals surface area contributed by atoms with E-state index in [0.717, 1.165) is 41.5 Å². The number of H-pyrrole nitrogens is 1. The maximum atomic E-state index is 12.3. The lowest BCUT2D eigenvalue weighted by molar-refractivity contribution is 0.0775. The number of likely N-dealkylation sites (tertiary alicyclic amines) is 1. The largest absolute Gasteiger partial charge is 0.345 e. The zero-order chi connectivity index (χ0) is 11.4. The number of hydrogen-bond acceptors (Lipinski definition) is 2. The van der Waals surface area contributed by atoms with E-state index in [1.165, 1.54) is 6.42 Å². The average molecular weight is 227 g/mol. The summed E-state index contributed by atoms with van der Waals surface area (Å²) in [6.45, 7) is 1.90. The van der Waals surface area contributed by atoms with Crippen molar-refractivity contribution in [3.8, 4) is 0 Å². The molecule has 86 valence electrons. The highest BCUT2D eigenvalue weighted by molar-refractivity contribution is 5.97. The molecule has 2 heterocycles. The summed E-state index contributed by atoms with van der Waals surface area (Å²) in [6.07, 6.45) is 2.98. The first-order chi connectivity index (χ1) is 8.31. The first-order valence-electron chi connectivity index (χ1n) is 6.04. The second kappa shape index (κ2) is 3.09. The average Bonchev–Trinajstić information content (AvgIpc) is 2.82. The van der Waals surface area contributed by atoms with Crippen molar-refractivity contribution in [3.05, 3.63) is 30.1 Å². The lowest BCUT2D eigenvalue weighted by Gasteiger charge is -2.17. The summed E-state index contributed by atoms with van der Waals surface area (Å²) in [4.78, 5) is 21.4. The summed E-state index contributed by atoms with van der Waals surface area (Å²) < 4.78 is 0. The molecule has 1 amide bonds. The molecule has 0 radical (unpaired) electrons. The van der Waals surface area contributed by atoms with Gasteiger partial charge in [0.05, 0.1) is 17.4 Å². The van der Waals surface area contributed by atoms with E-state index in [-0.39, 0.29) is 5.91 Å². The smallest absolute Gasteiger partial charge is 0.253 e. The Bertz CT molecular complexity index is 593. The third-order valence-electron chi connectivity index (χ3n) is 3.93. The van der Waals surface area contributed by atoms with Gasteiger partial charge < -0.3 is 9.88 Å². The van der Waals surface area contributed by atoms with E-state index in [0.29, 0.717) is 0 Å². The number of fused-ring (bicyclic) bond motifs is 2. The Morgan fingerprint density at radius 3 is 3.00 bits per heavy atom. The molecule has 17 heavy (non-hydrogen) atoms. The van der Waals surface area contributed by atoms with Crippen LogP contribution in [0.3, 0.4) is 0 Å². The number of imidazole rings is 1. The van der Waals surface area contributed by atoms with Crippen molar-refractivity contribution in [2.75, 3.05) is 13.1 Å². The summed E-state index contributed by atoms with van der Waals surface area (Å²) in [7, 11) is 0. The molecule has 1 aliphatic heterocycles. The van der Waals surface area contributed by atoms with Gasteiger partial charge in [-0.15, -0.1) is 0 Å². The molecule has 0 spiro atoms. The zero-order valence-corrected chi connectivity index (χ0v) is 9.39. The molecule has 2 aromatic rings. The van der Waals surface area contributed by atoms with E-state index >= 15 is 0 Å². The van der Waals surface area contributed by atoms with Crippen LogP contribution in [0.1, 0.15) is 16.8 Å². The molecule has 2 unspecified atom stereocenters. The van der Waals surface area contributed by atoms with Crippen LogP contribution in [0.15, 0.2) is 24.5 Å². The number of piperidine rings is 1. The van der Waals surface area contributed by atoms with E-state index in [2.05, 4.69) is 9.97 Å². The van der Waals surface area contributed by atoms with Crippen LogP contribution in [0.2, 0.25) is 0 Å². The third-order valence-corrected chi connectivity index (χ3v) is 3.93. The molecular weight excluding hydrogens is 214 g/mol. The molecule has 4 nitrogen and oxygen atoms in total. The minimum Gasteiger partial charge on any atom is -0.345 e. The molecular formula is C13H13N3O. The maximum absolute atomic E-state index is 12.3. The van der Waals surface area contributed by atoms with E-state index in [1.807, 2.05) is 23.1 Å². The molecule has 1 saturated heterocycles. The van der Waals surface area contributed by atoms with Crippen LogP contribution in [0.5, 0.6) is 0 Å². The van der Waals surface area contributed by atoms with Crippen molar-refractivity contribution >= 4 is 16.9 Å². The number of nitrogens with zero attached hydrogens (tertiary/aromatic N) is 2. The molecule has 2 aliphatic rings. The van der Waals surface area contributed by atoms with Crippen molar-refractivity contribution in [3.63, 3.8) is 0 Å². The van der Waals surface area contributed by atoms with Gasteiger partial charge in [0, 0.05) is 18.7 Å². The Labute approximate surface area is 98.6 Å². The van der Waals surface area contributed by atoms with Crippen molar-refractivity contribution in [1.82, 2.24) is 14.9 Å². The molecule has 1 N–H and O–H groups in total. The van der Waals surface area contributed by atoms with E-state index < -0.39 is 0 Å². The number of benzene rings is 1. The molecule has 1 saturated carbocycles. The molecule has 2 atom stereocenters. The number of carbonyl (C=O) groups excluding carboxylic acids is 1. The van der Waals surface area contributed by atoms with Gasteiger partial charge in [0.1, 0.15) is 0 Å². The second-order valence-corrected chi connectivity index (χ2v) is 5.10. The minimum atomic E-state index is 0.161. The van der Waals surface area contributed by atoms with Gasteiger partial charge >= 0.3 is 0 Å². The second-order valence-electron chi connectivity index (χ2n) is 5.10. The van der Waals surface area contributed by atoms with Crippen LogP contribution in [0, 0.1) is 11.8 Å². The first kappa shape index (κ1) is 9.22. The van der Waals surface area contributed by atoms with Crippen LogP contribution in [-0.2, 0) is 0 Å². The van der Waals surface area contributed by atoms with Gasteiger partial charge in [-0.1, -0.05) is 0 Å². The van der Waals surface area contributed by atoms with Gasteiger partial charge in [0.15, 0.2) is 0 Å². The normalized spacial score (nSPS) is 26.2. The van der Waals surface area contributed by atoms with Crippen molar-refractivity contribution in [2.24, 2.45) is 11.8 Å². The number of amides is 1. The number of carbonyl (C=O) groups is 1. The Hall–Kier alpha value is -1.84. The third kappa shape index (κ3) is 1.37. The quantitative estimate of drug-likeness (QED) is 0.805. The summed E-state index contributed by atoms with van der Waals surface area (Å²) in [6, 6.07) is 5.67. The molecule has 0 bridgehead atoms. The predicted octanol–water partition coefficient (Wildman–Crippen LogP) is 1.65. The zero-order valence-electron chi connectivity index (χ0n) is 9.39. The molecule has 1 aromatic carbocycles. The van der Waals surface area contributed by atoms with Gasteiger partial charge in [-0.3, -0.25) is 4.79 Å². The molecule has 1 aliphatic carbocycles. The lowest BCUT2D eigenvalue weighted by Crippen LogP contribution is -2.30. The van der Waals surface area contributed by atoms with Gasteiger partial charge in [-0.25, -0.2) is 4.98 Å². The first-order valence-corrected chi connectivity index (χ1v) is 6.04. The standard InChI is InChI=1S/C13H13N3O/c17-13(16-5-9-3-10(9)6-16)8-1-2-11-12(4-8)15-7-14-11/h1-2,4,7,9-10H,3,5-6H2,(H,14,15).